The summed E-state index contributed by atoms with van der Waals surface area (Å²) < 4.78 is 14.5. The number of nitrogens with zero attached hydrogens (tertiary/aromatic N) is 1. The van der Waals surface area contributed by atoms with Gasteiger partial charge >= 0.3 is 0 Å². The van der Waals surface area contributed by atoms with Crippen molar-refractivity contribution in [2.75, 3.05) is 11.1 Å². The van der Waals surface area contributed by atoms with E-state index in [1.54, 1.807) is 17.4 Å². The number of aryl methyl sites for hydroxylation is 1. The van der Waals surface area contributed by atoms with E-state index in [9.17, 15) is 4.39 Å². The first-order valence-electron chi connectivity index (χ1n) is 5.91. The fourth-order valence-electron chi connectivity index (χ4n) is 1.94. The first-order valence-corrected chi connectivity index (χ1v) is 7.11. The quantitative estimate of drug-likeness (QED) is 0.673. The van der Waals surface area contributed by atoms with E-state index in [-0.39, 0.29) is 5.02 Å². The average Bonchev–Trinajstić information content (AvgIpc) is 2.73. The van der Waals surface area contributed by atoms with Crippen molar-refractivity contribution in [3.05, 3.63) is 46.2 Å². The van der Waals surface area contributed by atoms with Crippen LogP contribution in [0.15, 0.2) is 30.3 Å². The third-order valence-electron chi connectivity index (χ3n) is 2.87. The highest BCUT2D eigenvalue weighted by atomic mass is 35.5. The number of benzene rings is 2. The lowest BCUT2D eigenvalue weighted by atomic mass is 10.2. The highest BCUT2D eigenvalue weighted by molar-refractivity contribution is 7.18. The van der Waals surface area contributed by atoms with Crippen LogP contribution < -0.4 is 11.1 Å². The van der Waals surface area contributed by atoms with Crippen LogP contribution in [0.1, 0.15) is 5.01 Å². The maximum absolute atomic E-state index is 13.4. The molecule has 0 aliphatic rings. The van der Waals surface area contributed by atoms with Crippen molar-refractivity contribution in [2.45, 2.75) is 6.92 Å². The number of halogens is 2. The molecule has 2 aromatic carbocycles. The summed E-state index contributed by atoms with van der Waals surface area (Å²) in [4.78, 5) is 4.42. The van der Waals surface area contributed by atoms with Crippen LogP contribution in [0.4, 0.5) is 21.5 Å². The minimum atomic E-state index is -0.471. The summed E-state index contributed by atoms with van der Waals surface area (Å²) in [5, 5.41) is 4.16. The second-order valence-corrected chi connectivity index (χ2v) is 6.04. The van der Waals surface area contributed by atoms with Gasteiger partial charge in [0.2, 0.25) is 0 Å². The Bertz CT molecular complexity index is 800. The molecule has 1 aromatic heterocycles. The van der Waals surface area contributed by atoms with E-state index in [1.807, 2.05) is 19.1 Å². The van der Waals surface area contributed by atoms with Crippen LogP contribution >= 0.6 is 22.9 Å². The summed E-state index contributed by atoms with van der Waals surface area (Å²) in [6, 6.07) is 8.26. The Kier molecular flexibility index (Phi) is 3.23. The molecule has 0 aliphatic heterocycles. The van der Waals surface area contributed by atoms with E-state index in [1.165, 1.54) is 12.1 Å². The molecule has 0 amide bonds. The van der Waals surface area contributed by atoms with E-state index >= 15 is 0 Å². The average molecular weight is 308 g/mol. The molecule has 0 spiro atoms. The molecule has 3 nitrogen and oxygen atoms in total. The summed E-state index contributed by atoms with van der Waals surface area (Å²) in [5.74, 6) is -0.471. The molecule has 0 saturated heterocycles. The number of aromatic nitrogens is 1. The highest BCUT2D eigenvalue weighted by Gasteiger charge is 2.08. The van der Waals surface area contributed by atoms with Gasteiger partial charge in [-0.2, -0.15) is 0 Å². The van der Waals surface area contributed by atoms with Crippen LogP contribution in [0.5, 0.6) is 0 Å². The standard InChI is InChI=1S/C14H11ClFN3S/c1-7-18-13-6-12(11(17)5-14(13)20-7)19-8-2-3-9(15)10(16)4-8/h2-6,19H,17H2,1H3. The van der Waals surface area contributed by atoms with Gasteiger partial charge in [-0.05, 0) is 37.3 Å². The monoisotopic (exact) mass is 307 g/mol. The highest BCUT2D eigenvalue weighted by Crippen LogP contribution is 2.32. The molecule has 1 heterocycles. The third-order valence-corrected chi connectivity index (χ3v) is 4.11. The molecular weight excluding hydrogens is 297 g/mol. The zero-order chi connectivity index (χ0) is 14.3. The van der Waals surface area contributed by atoms with E-state index in [0.717, 1.165) is 15.2 Å². The van der Waals surface area contributed by atoms with E-state index in [2.05, 4.69) is 10.3 Å². The molecule has 3 aromatic rings. The first kappa shape index (κ1) is 13.1. The summed E-state index contributed by atoms with van der Waals surface area (Å²) >= 11 is 7.25. The van der Waals surface area contributed by atoms with Gasteiger partial charge in [-0.1, -0.05) is 11.6 Å². The van der Waals surface area contributed by atoms with E-state index < -0.39 is 5.82 Å². The number of rotatable bonds is 2. The maximum atomic E-state index is 13.4. The van der Waals surface area contributed by atoms with Crippen LogP contribution in [-0.4, -0.2) is 4.98 Å². The number of thiazole rings is 1. The molecule has 0 unspecified atom stereocenters. The molecule has 6 heteroatoms. The van der Waals surface area contributed by atoms with Gasteiger partial charge in [0.1, 0.15) is 5.82 Å². The number of hydrogen-bond acceptors (Lipinski definition) is 4. The molecule has 0 aliphatic carbocycles. The Balaban J connectivity index is 2.00. The number of fused-ring (bicyclic) bond motifs is 1. The summed E-state index contributed by atoms with van der Waals surface area (Å²) in [5.41, 5.74) is 8.76. The summed E-state index contributed by atoms with van der Waals surface area (Å²) in [6.07, 6.45) is 0. The molecule has 3 N–H and O–H groups in total. The zero-order valence-corrected chi connectivity index (χ0v) is 12.1. The van der Waals surface area contributed by atoms with Gasteiger partial charge in [-0.3, -0.25) is 0 Å². The Hall–Kier alpha value is -1.85. The predicted octanol–water partition coefficient (Wildman–Crippen LogP) is 4.72. The van der Waals surface area contributed by atoms with Crippen molar-refractivity contribution in [1.29, 1.82) is 0 Å². The van der Waals surface area contributed by atoms with E-state index in [4.69, 9.17) is 17.3 Å². The lowest BCUT2D eigenvalue weighted by molar-refractivity contribution is 0.629. The van der Waals surface area contributed by atoms with Gasteiger partial charge in [-0.25, -0.2) is 9.37 Å². The number of nitrogens with two attached hydrogens (primary N) is 1. The number of anilines is 3. The van der Waals surface area contributed by atoms with Crippen LogP contribution in [0, 0.1) is 12.7 Å². The molecule has 20 heavy (non-hydrogen) atoms. The van der Waals surface area contributed by atoms with Gasteiger partial charge in [0.05, 0.1) is 31.6 Å². The van der Waals surface area contributed by atoms with Gasteiger partial charge < -0.3 is 11.1 Å². The Morgan fingerprint density at radius 2 is 2.10 bits per heavy atom. The largest absolute Gasteiger partial charge is 0.397 e. The number of hydrogen-bond donors (Lipinski definition) is 2. The molecular formula is C14H11ClFN3S. The minimum Gasteiger partial charge on any atom is -0.397 e. The normalized spacial score (nSPS) is 10.9. The van der Waals surface area contributed by atoms with E-state index in [0.29, 0.717) is 17.1 Å². The lowest BCUT2D eigenvalue weighted by Crippen LogP contribution is -1.96. The van der Waals surface area contributed by atoms with Crippen LogP contribution in [0.3, 0.4) is 0 Å². The molecule has 0 atom stereocenters. The fraction of sp³-hybridized carbons (Fsp3) is 0.0714. The second-order valence-electron chi connectivity index (χ2n) is 4.39. The van der Waals surface area contributed by atoms with Crippen LogP contribution in [0.2, 0.25) is 5.02 Å². The Morgan fingerprint density at radius 1 is 1.30 bits per heavy atom. The van der Waals surface area contributed by atoms with Crippen molar-refractivity contribution < 1.29 is 4.39 Å². The van der Waals surface area contributed by atoms with Crippen molar-refractivity contribution >= 4 is 50.2 Å². The fourth-order valence-corrected chi connectivity index (χ4v) is 2.92. The molecule has 3 rings (SSSR count). The third kappa shape index (κ3) is 2.42. The zero-order valence-electron chi connectivity index (χ0n) is 10.6. The van der Waals surface area contributed by atoms with Gasteiger partial charge in [-0.15, -0.1) is 11.3 Å². The number of nitrogen functional groups attached to an aromatic ring is 1. The molecule has 0 radical (unpaired) electrons. The first-order chi connectivity index (χ1) is 9.52. The minimum absolute atomic E-state index is 0.0918. The van der Waals surface area contributed by atoms with Gasteiger partial charge in [0, 0.05) is 5.69 Å². The number of nitrogens with one attached hydrogen (secondary N) is 1. The SMILES string of the molecule is Cc1nc2cc(Nc3ccc(Cl)c(F)c3)c(N)cc2s1. The molecule has 0 fully saturated rings. The molecule has 0 saturated carbocycles. The van der Waals surface area contributed by atoms with Crippen LogP contribution in [0.25, 0.3) is 10.2 Å². The second kappa shape index (κ2) is 4.92. The van der Waals surface area contributed by atoms with Crippen molar-refractivity contribution in [1.82, 2.24) is 4.98 Å². The van der Waals surface area contributed by atoms with Gasteiger partial charge in [0.25, 0.3) is 0 Å². The molecule has 0 bridgehead atoms. The van der Waals surface area contributed by atoms with Crippen molar-refractivity contribution in [2.24, 2.45) is 0 Å². The maximum Gasteiger partial charge on any atom is 0.143 e. The smallest absolute Gasteiger partial charge is 0.143 e. The lowest BCUT2D eigenvalue weighted by Gasteiger charge is -2.09. The van der Waals surface area contributed by atoms with Crippen LogP contribution in [-0.2, 0) is 0 Å². The topological polar surface area (TPSA) is 50.9 Å². The Labute approximate surface area is 124 Å². The summed E-state index contributed by atoms with van der Waals surface area (Å²) in [6.45, 7) is 1.95. The Morgan fingerprint density at radius 3 is 2.85 bits per heavy atom. The van der Waals surface area contributed by atoms with Crippen molar-refractivity contribution in [3.8, 4) is 0 Å². The van der Waals surface area contributed by atoms with Crippen molar-refractivity contribution in [3.63, 3.8) is 0 Å². The van der Waals surface area contributed by atoms with Gasteiger partial charge in [0.15, 0.2) is 0 Å². The molecule has 102 valence electrons. The predicted molar refractivity (Wildman–Crippen MR) is 83.5 cm³/mol. The summed E-state index contributed by atoms with van der Waals surface area (Å²) in [7, 11) is 0.